The first-order chi connectivity index (χ1) is 10.7. The van der Waals surface area contributed by atoms with Gasteiger partial charge in [0.1, 0.15) is 11.2 Å². The average Bonchev–Trinajstić information content (AvgIpc) is 2.51. The molecule has 1 heterocycles. The van der Waals surface area contributed by atoms with Crippen LogP contribution in [0.5, 0.6) is 0 Å². The van der Waals surface area contributed by atoms with E-state index in [-0.39, 0.29) is 5.43 Å². The number of hydrogen-bond donors (Lipinski definition) is 0. The van der Waals surface area contributed by atoms with Gasteiger partial charge in [0.15, 0.2) is 0 Å². The highest BCUT2D eigenvalue weighted by Crippen LogP contribution is 2.28. The molecule has 1 aromatic heterocycles. The molecule has 5 heteroatoms. The van der Waals surface area contributed by atoms with Gasteiger partial charge in [-0.05, 0) is 38.4 Å². The summed E-state index contributed by atoms with van der Waals surface area (Å²) in [5, 5.41) is 1.17. The van der Waals surface area contributed by atoms with E-state index in [1.54, 1.807) is 6.07 Å². The summed E-state index contributed by atoms with van der Waals surface area (Å²) in [6.45, 7) is 1.42. The molecular formula is C17H17NO3S. The third-order valence-corrected chi connectivity index (χ3v) is 4.14. The minimum absolute atomic E-state index is 0.0174. The normalized spacial score (nSPS) is 11.6. The highest BCUT2D eigenvalue weighted by Gasteiger charge is 2.12. The van der Waals surface area contributed by atoms with Crippen LogP contribution in [0, 0.1) is 0 Å². The molecule has 0 amide bonds. The van der Waals surface area contributed by atoms with Crippen LogP contribution in [-0.2, 0) is 4.18 Å². The Balaban J connectivity index is 2.00. The van der Waals surface area contributed by atoms with Gasteiger partial charge in [-0.2, -0.15) is 0 Å². The smallest absolute Gasteiger partial charge is 0.201 e. The summed E-state index contributed by atoms with van der Waals surface area (Å²) in [6.07, 6.45) is 0. The zero-order valence-corrected chi connectivity index (χ0v) is 13.4. The van der Waals surface area contributed by atoms with E-state index in [2.05, 4.69) is 0 Å². The first kappa shape index (κ1) is 15.1. The summed E-state index contributed by atoms with van der Waals surface area (Å²) >= 11 is 1.23. The van der Waals surface area contributed by atoms with Crippen LogP contribution in [0.3, 0.4) is 0 Å². The molecular weight excluding hydrogens is 298 g/mol. The van der Waals surface area contributed by atoms with E-state index in [0.717, 1.165) is 11.4 Å². The first-order valence-electron chi connectivity index (χ1n) is 7.05. The average molecular weight is 315 g/mol. The maximum atomic E-state index is 12.7. The molecule has 0 bridgehead atoms. The summed E-state index contributed by atoms with van der Waals surface area (Å²) in [5.41, 5.74) is 1.18. The van der Waals surface area contributed by atoms with E-state index in [4.69, 9.17) is 8.60 Å². The fraction of sp³-hybridized carbons (Fsp3) is 0.235. The van der Waals surface area contributed by atoms with E-state index in [9.17, 15) is 4.79 Å². The molecule has 0 saturated carbocycles. The first-order valence-corrected chi connectivity index (χ1v) is 7.80. The van der Waals surface area contributed by atoms with E-state index in [1.807, 2.05) is 55.4 Å². The molecule has 0 atom stereocenters. The molecule has 22 heavy (non-hydrogen) atoms. The summed E-state index contributed by atoms with van der Waals surface area (Å²) in [4.78, 5) is 15.5. The molecule has 4 nitrogen and oxygen atoms in total. The van der Waals surface area contributed by atoms with E-state index >= 15 is 0 Å². The number of para-hydroxylation sites is 1. The molecule has 0 radical (unpaired) electrons. The Kier molecular flexibility index (Phi) is 4.47. The second-order valence-electron chi connectivity index (χ2n) is 5.27. The number of benzene rings is 2. The van der Waals surface area contributed by atoms with Gasteiger partial charge in [0, 0.05) is 18.6 Å². The molecule has 0 fully saturated rings. The van der Waals surface area contributed by atoms with Crippen LogP contribution < -0.4 is 5.43 Å². The molecule has 114 valence electrons. The molecule has 0 N–H and O–H groups in total. The van der Waals surface area contributed by atoms with Gasteiger partial charge in [-0.15, -0.1) is 0 Å². The lowest BCUT2D eigenvalue weighted by atomic mass is 10.1. The van der Waals surface area contributed by atoms with Crippen molar-refractivity contribution in [1.82, 2.24) is 4.90 Å². The molecule has 0 aliphatic rings. The van der Waals surface area contributed by atoms with Crippen molar-refractivity contribution in [2.45, 2.75) is 4.90 Å². The molecule has 0 saturated heterocycles. The summed E-state index contributed by atoms with van der Waals surface area (Å²) in [6, 6.07) is 12.9. The fourth-order valence-corrected chi connectivity index (χ4v) is 2.91. The Bertz CT molecular complexity index is 857. The molecule has 3 rings (SSSR count). The van der Waals surface area contributed by atoms with Crippen molar-refractivity contribution in [3.8, 4) is 0 Å². The minimum atomic E-state index is -0.0174. The second kappa shape index (κ2) is 6.52. The Hall–Kier alpha value is -1.82. The van der Waals surface area contributed by atoms with Crippen molar-refractivity contribution in [2.24, 2.45) is 0 Å². The number of fused-ring (bicyclic) bond motifs is 2. The van der Waals surface area contributed by atoms with Gasteiger partial charge in [-0.25, -0.2) is 0 Å². The highest BCUT2D eigenvalue weighted by atomic mass is 32.2. The van der Waals surface area contributed by atoms with Crippen LogP contribution in [0.25, 0.3) is 21.9 Å². The van der Waals surface area contributed by atoms with Crippen LogP contribution in [-0.4, -0.2) is 32.1 Å². The van der Waals surface area contributed by atoms with Crippen LogP contribution in [0.2, 0.25) is 0 Å². The number of nitrogens with zero attached hydrogens (tertiary/aromatic N) is 1. The molecule has 0 aliphatic heterocycles. The summed E-state index contributed by atoms with van der Waals surface area (Å²) in [5.74, 6) is 0. The van der Waals surface area contributed by atoms with Gasteiger partial charge in [0.25, 0.3) is 0 Å². The Labute approximate surface area is 132 Å². The van der Waals surface area contributed by atoms with Crippen LogP contribution in [0.4, 0.5) is 0 Å². The van der Waals surface area contributed by atoms with Gasteiger partial charge in [0.05, 0.1) is 22.3 Å². The van der Waals surface area contributed by atoms with Gasteiger partial charge < -0.3 is 13.5 Å². The van der Waals surface area contributed by atoms with Gasteiger partial charge >= 0.3 is 0 Å². The number of rotatable bonds is 5. The fourth-order valence-electron chi connectivity index (χ4n) is 2.21. The molecule has 0 aliphatic carbocycles. The van der Waals surface area contributed by atoms with Crippen molar-refractivity contribution in [1.29, 1.82) is 0 Å². The standard InChI is InChI=1S/C17H17NO3S/c1-18(2)10-11-20-22-15-9-5-8-14-16(15)17(19)12-6-3-4-7-13(12)21-14/h3-9H,10-11H2,1-2H3. The molecule has 0 spiro atoms. The van der Waals surface area contributed by atoms with E-state index < -0.39 is 0 Å². The van der Waals surface area contributed by atoms with E-state index in [1.165, 1.54) is 12.0 Å². The van der Waals surface area contributed by atoms with Crippen LogP contribution >= 0.6 is 12.0 Å². The SMILES string of the molecule is CN(C)CCOSc1cccc2oc3ccccc3c(=O)c12. The lowest BCUT2D eigenvalue weighted by Crippen LogP contribution is -2.16. The largest absolute Gasteiger partial charge is 0.456 e. The maximum absolute atomic E-state index is 12.7. The summed E-state index contributed by atoms with van der Waals surface area (Å²) in [7, 11) is 3.99. The predicted octanol–water partition coefficient (Wildman–Crippen LogP) is 3.53. The number of hydrogen-bond acceptors (Lipinski definition) is 5. The lowest BCUT2D eigenvalue weighted by molar-refractivity contribution is 0.293. The monoisotopic (exact) mass is 315 g/mol. The van der Waals surface area contributed by atoms with Crippen LogP contribution in [0.1, 0.15) is 0 Å². The molecule has 2 aromatic carbocycles. The quantitative estimate of drug-likeness (QED) is 0.409. The second-order valence-corrected chi connectivity index (χ2v) is 6.11. The van der Waals surface area contributed by atoms with Gasteiger partial charge in [0.2, 0.25) is 5.43 Å². The maximum Gasteiger partial charge on any atom is 0.201 e. The zero-order valence-electron chi connectivity index (χ0n) is 12.5. The highest BCUT2D eigenvalue weighted by molar-refractivity contribution is 7.95. The minimum Gasteiger partial charge on any atom is -0.456 e. The third-order valence-electron chi connectivity index (χ3n) is 3.34. The van der Waals surface area contributed by atoms with Crippen molar-refractivity contribution in [3.63, 3.8) is 0 Å². The van der Waals surface area contributed by atoms with Gasteiger partial charge in [-0.1, -0.05) is 18.2 Å². The van der Waals surface area contributed by atoms with Crippen molar-refractivity contribution in [2.75, 3.05) is 27.2 Å². The molecule has 3 aromatic rings. The van der Waals surface area contributed by atoms with Gasteiger partial charge in [-0.3, -0.25) is 4.79 Å². The number of likely N-dealkylation sites (N-methyl/N-ethyl adjacent to an activating group) is 1. The zero-order chi connectivity index (χ0) is 15.5. The van der Waals surface area contributed by atoms with Crippen molar-refractivity contribution in [3.05, 3.63) is 52.7 Å². The van der Waals surface area contributed by atoms with Crippen LogP contribution in [0.15, 0.2) is 56.6 Å². The predicted molar refractivity (Wildman–Crippen MR) is 90.4 cm³/mol. The van der Waals surface area contributed by atoms with E-state index in [0.29, 0.717) is 28.5 Å². The third kappa shape index (κ3) is 3.02. The Morgan fingerprint density at radius 3 is 2.68 bits per heavy atom. The Morgan fingerprint density at radius 2 is 1.86 bits per heavy atom. The topological polar surface area (TPSA) is 42.7 Å². The van der Waals surface area contributed by atoms with Crippen molar-refractivity contribution < 1.29 is 8.60 Å². The van der Waals surface area contributed by atoms with Crippen molar-refractivity contribution >= 4 is 34.0 Å². The lowest BCUT2D eigenvalue weighted by Gasteiger charge is -2.10. The Morgan fingerprint density at radius 1 is 1.09 bits per heavy atom. The summed E-state index contributed by atoms with van der Waals surface area (Å²) < 4.78 is 11.4. The molecule has 0 unspecified atom stereocenters.